The van der Waals surface area contributed by atoms with E-state index in [0.717, 1.165) is 19.0 Å². The minimum atomic E-state index is 0.482. The molecule has 1 saturated carbocycles. The predicted octanol–water partition coefficient (Wildman–Crippen LogP) is 3.58. The lowest BCUT2D eigenvalue weighted by atomic mass is 10.0. The van der Waals surface area contributed by atoms with Gasteiger partial charge in [-0.05, 0) is 25.2 Å². The Kier molecular flexibility index (Phi) is 5.84. The maximum absolute atomic E-state index is 8.92. The molecule has 1 atom stereocenters. The minimum Gasteiger partial charge on any atom is -0.296 e. The van der Waals surface area contributed by atoms with Crippen LogP contribution < -0.4 is 0 Å². The van der Waals surface area contributed by atoms with Gasteiger partial charge in [0.05, 0.1) is 12.5 Å². The van der Waals surface area contributed by atoms with E-state index in [4.69, 9.17) is 5.26 Å². The van der Waals surface area contributed by atoms with Gasteiger partial charge < -0.3 is 0 Å². The summed E-state index contributed by atoms with van der Waals surface area (Å²) in [5.74, 6) is 0.702. The largest absolute Gasteiger partial charge is 0.296 e. The van der Waals surface area contributed by atoms with Crippen molar-refractivity contribution in [2.75, 3.05) is 6.54 Å². The standard InChI is InChI=1S/C14H26N2/c1-4-13(9-10-15)16(11-12(2)3)14-7-5-6-8-14/h12-14H,4-9,11H2,1-3H3. The van der Waals surface area contributed by atoms with E-state index >= 15 is 0 Å². The fourth-order valence-corrected chi connectivity index (χ4v) is 2.86. The number of hydrogen-bond acceptors (Lipinski definition) is 2. The molecule has 16 heavy (non-hydrogen) atoms. The van der Waals surface area contributed by atoms with Crippen LogP contribution in [0.4, 0.5) is 0 Å². The highest BCUT2D eigenvalue weighted by Crippen LogP contribution is 2.27. The smallest absolute Gasteiger partial charge is 0.0638 e. The van der Waals surface area contributed by atoms with Gasteiger partial charge in [0.1, 0.15) is 0 Å². The van der Waals surface area contributed by atoms with Crippen LogP contribution in [0.5, 0.6) is 0 Å². The fraction of sp³-hybridized carbons (Fsp3) is 0.929. The van der Waals surface area contributed by atoms with Gasteiger partial charge >= 0.3 is 0 Å². The van der Waals surface area contributed by atoms with Crippen LogP contribution >= 0.6 is 0 Å². The molecular formula is C14H26N2. The summed E-state index contributed by atoms with van der Waals surface area (Å²) in [6, 6.07) is 3.59. The van der Waals surface area contributed by atoms with Gasteiger partial charge in [0.2, 0.25) is 0 Å². The van der Waals surface area contributed by atoms with Gasteiger partial charge in [-0.3, -0.25) is 4.90 Å². The van der Waals surface area contributed by atoms with Crippen molar-refractivity contribution < 1.29 is 0 Å². The summed E-state index contributed by atoms with van der Waals surface area (Å²) in [6.45, 7) is 7.93. The summed E-state index contributed by atoms with van der Waals surface area (Å²) in [5, 5.41) is 8.92. The Hall–Kier alpha value is -0.550. The molecular weight excluding hydrogens is 196 g/mol. The molecule has 1 aliphatic rings. The number of hydrogen-bond donors (Lipinski definition) is 0. The molecule has 0 aromatic carbocycles. The SMILES string of the molecule is CCC(CC#N)N(CC(C)C)C1CCCC1. The van der Waals surface area contributed by atoms with E-state index < -0.39 is 0 Å². The van der Waals surface area contributed by atoms with Crippen LogP contribution in [0.1, 0.15) is 59.3 Å². The third-order valence-electron chi connectivity index (χ3n) is 3.64. The van der Waals surface area contributed by atoms with Crippen LogP contribution in [0.3, 0.4) is 0 Å². The van der Waals surface area contributed by atoms with Crippen molar-refractivity contribution in [1.29, 1.82) is 5.26 Å². The third kappa shape index (κ3) is 3.79. The predicted molar refractivity (Wildman–Crippen MR) is 68.1 cm³/mol. The van der Waals surface area contributed by atoms with Gasteiger partial charge in [-0.25, -0.2) is 0 Å². The number of nitrogens with zero attached hydrogens (tertiary/aromatic N) is 2. The summed E-state index contributed by atoms with van der Waals surface area (Å²) in [7, 11) is 0. The summed E-state index contributed by atoms with van der Waals surface area (Å²) in [5.41, 5.74) is 0. The second-order valence-electron chi connectivity index (χ2n) is 5.45. The normalized spacial score (nSPS) is 19.2. The summed E-state index contributed by atoms with van der Waals surface area (Å²) < 4.78 is 0. The highest BCUT2D eigenvalue weighted by atomic mass is 15.2. The molecule has 0 bridgehead atoms. The highest BCUT2D eigenvalue weighted by Gasteiger charge is 2.27. The molecule has 1 unspecified atom stereocenters. The molecule has 92 valence electrons. The van der Waals surface area contributed by atoms with Crippen LogP contribution in [-0.2, 0) is 0 Å². The van der Waals surface area contributed by atoms with E-state index in [0.29, 0.717) is 18.4 Å². The molecule has 0 saturated heterocycles. The van der Waals surface area contributed by atoms with Crippen molar-refractivity contribution in [3.8, 4) is 6.07 Å². The Morgan fingerprint density at radius 2 is 1.94 bits per heavy atom. The molecule has 0 aromatic rings. The lowest BCUT2D eigenvalue weighted by molar-refractivity contribution is 0.116. The molecule has 1 fully saturated rings. The lowest BCUT2D eigenvalue weighted by Crippen LogP contribution is -2.43. The van der Waals surface area contributed by atoms with Crippen molar-refractivity contribution in [1.82, 2.24) is 4.90 Å². The fourth-order valence-electron chi connectivity index (χ4n) is 2.86. The first kappa shape index (κ1) is 13.5. The molecule has 0 aromatic heterocycles. The highest BCUT2D eigenvalue weighted by molar-refractivity contribution is 4.88. The molecule has 2 nitrogen and oxygen atoms in total. The molecule has 0 spiro atoms. The molecule has 0 N–H and O–H groups in total. The monoisotopic (exact) mass is 222 g/mol. The van der Waals surface area contributed by atoms with Gasteiger partial charge in [-0.15, -0.1) is 0 Å². The van der Waals surface area contributed by atoms with Gasteiger partial charge in [0, 0.05) is 18.6 Å². The van der Waals surface area contributed by atoms with E-state index in [1.54, 1.807) is 0 Å². The first-order valence-electron chi connectivity index (χ1n) is 6.81. The number of nitriles is 1. The quantitative estimate of drug-likeness (QED) is 0.687. The Morgan fingerprint density at radius 1 is 1.31 bits per heavy atom. The van der Waals surface area contributed by atoms with Crippen LogP contribution in [0.25, 0.3) is 0 Å². The Morgan fingerprint density at radius 3 is 2.38 bits per heavy atom. The zero-order valence-electron chi connectivity index (χ0n) is 11.1. The molecule has 2 heteroatoms. The van der Waals surface area contributed by atoms with E-state index in [9.17, 15) is 0 Å². The summed E-state index contributed by atoms with van der Waals surface area (Å²) >= 11 is 0. The molecule has 1 aliphatic carbocycles. The summed E-state index contributed by atoms with van der Waals surface area (Å²) in [4.78, 5) is 2.63. The van der Waals surface area contributed by atoms with Crippen LogP contribution in [0, 0.1) is 17.2 Å². The van der Waals surface area contributed by atoms with Gasteiger partial charge in [-0.1, -0.05) is 33.6 Å². The Balaban J connectivity index is 2.63. The Bertz CT molecular complexity index is 223. The van der Waals surface area contributed by atoms with E-state index in [-0.39, 0.29) is 0 Å². The topological polar surface area (TPSA) is 27.0 Å². The van der Waals surface area contributed by atoms with Crippen molar-refractivity contribution >= 4 is 0 Å². The minimum absolute atomic E-state index is 0.482. The van der Waals surface area contributed by atoms with Crippen molar-refractivity contribution in [2.45, 2.75) is 71.4 Å². The maximum Gasteiger partial charge on any atom is 0.0638 e. The zero-order valence-corrected chi connectivity index (χ0v) is 11.1. The van der Waals surface area contributed by atoms with Gasteiger partial charge in [0.25, 0.3) is 0 Å². The molecule has 0 amide bonds. The summed E-state index contributed by atoms with van der Waals surface area (Å²) in [6.07, 6.45) is 7.24. The van der Waals surface area contributed by atoms with Crippen molar-refractivity contribution in [3.05, 3.63) is 0 Å². The van der Waals surface area contributed by atoms with Crippen LogP contribution in [0.15, 0.2) is 0 Å². The third-order valence-corrected chi connectivity index (χ3v) is 3.64. The second-order valence-corrected chi connectivity index (χ2v) is 5.45. The first-order chi connectivity index (χ1) is 7.69. The van der Waals surface area contributed by atoms with E-state index in [2.05, 4.69) is 31.7 Å². The molecule has 0 radical (unpaired) electrons. The lowest BCUT2D eigenvalue weighted by Gasteiger charge is -2.36. The van der Waals surface area contributed by atoms with Crippen molar-refractivity contribution in [3.63, 3.8) is 0 Å². The van der Waals surface area contributed by atoms with Crippen molar-refractivity contribution in [2.24, 2.45) is 5.92 Å². The number of rotatable bonds is 6. The second kappa shape index (κ2) is 6.91. The van der Waals surface area contributed by atoms with Crippen LogP contribution in [0.2, 0.25) is 0 Å². The molecule has 1 rings (SSSR count). The Labute approximate surface area is 101 Å². The maximum atomic E-state index is 8.92. The average Bonchev–Trinajstić information content (AvgIpc) is 2.76. The molecule has 0 heterocycles. The van der Waals surface area contributed by atoms with E-state index in [1.165, 1.54) is 25.7 Å². The first-order valence-corrected chi connectivity index (χ1v) is 6.81. The average molecular weight is 222 g/mol. The van der Waals surface area contributed by atoms with Gasteiger partial charge in [0.15, 0.2) is 0 Å². The van der Waals surface area contributed by atoms with E-state index in [1.807, 2.05) is 0 Å². The zero-order chi connectivity index (χ0) is 12.0. The molecule has 0 aliphatic heterocycles. The van der Waals surface area contributed by atoms with Gasteiger partial charge in [-0.2, -0.15) is 5.26 Å². The van der Waals surface area contributed by atoms with Crippen LogP contribution in [-0.4, -0.2) is 23.5 Å².